The van der Waals surface area contributed by atoms with Crippen LogP contribution in [0.3, 0.4) is 0 Å². The third kappa shape index (κ3) is 3.17. The fraction of sp³-hybridized carbons (Fsp3) is 0.133. The first-order valence-electron chi connectivity index (χ1n) is 6.17. The van der Waals surface area contributed by atoms with Gasteiger partial charge in [0.05, 0.1) is 18.4 Å². The van der Waals surface area contributed by atoms with Gasteiger partial charge in [0.15, 0.2) is 5.69 Å². The minimum atomic E-state index is -0.609. The monoisotopic (exact) mass is 286 g/mol. The molecule has 0 aliphatic heterocycles. The van der Waals surface area contributed by atoms with Crippen LogP contribution in [0, 0.1) is 6.92 Å². The van der Waals surface area contributed by atoms with E-state index in [1.54, 1.807) is 18.2 Å². The standard InChI is InChI=1S/C15H14N2O4/c1-9-5-6-11(10(8-9)15(20)21-2)17-14(19)13-12(18)4-3-7-16-13/h3-8,18H,1-2H3,(H,17,19). The van der Waals surface area contributed by atoms with Crippen molar-refractivity contribution in [3.05, 3.63) is 53.3 Å². The van der Waals surface area contributed by atoms with Crippen molar-refractivity contribution in [2.75, 3.05) is 12.4 Å². The molecule has 2 N–H and O–H groups in total. The number of rotatable bonds is 3. The highest BCUT2D eigenvalue weighted by molar-refractivity contribution is 6.08. The predicted octanol–water partition coefficient (Wildman–Crippen LogP) is 2.13. The Balaban J connectivity index is 2.34. The summed E-state index contributed by atoms with van der Waals surface area (Å²) in [5.41, 5.74) is 1.27. The Labute approximate surface area is 121 Å². The second-order valence-electron chi connectivity index (χ2n) is 4.37. The van der Waals surface area contributed by atoms with Gasteiger partial charge < -0.3 is 15.2 Å². The summed E-state index contributed by atoms with van der Waals surface area (Å²) in [6.45, 7) is 1.82. The van der Waals surface area contributed by atoms with E-state index >= 15 is 0 Å². The summed E-state index contributed by atoms with van der Waals surface area (Å²) in [5.74, 6) is -1.40. The highest BCUT2D eigenvalue weighted by Crippen LogP contribution is 2.21. The SMILES string of the molecule is COC(=O)c1cc(C)ccc1NC(=O)c1ncccc1O. The van der Waals surface area contributed by atoms with Crippen LogP contribution < -0.4 is 5.32 Å². The molecule has 1 aromatic heterocycles. The lowest BCUT2D eigenvalue weighted by atomic mass is 10.1. The number of carbonyl (C=O) groups excluding carboxylic acids is 2. The molecule has 21 heavy (non-hydrogen) atoms. The van der Waals surface area contributed by atoms with E-state index in [1.165, 1.54) is 25.4 Å². The maximum Gasteiger partial charge on any atom is 0.339 e. The van der Waals surface area contributed by atoms with Crippen molar-refractivity contribution >= 4 is 17.6 Å². The van der Waals surface area contributed by atoms with Crippen molar-refractivity contribution in [3.63, 3.8) is 0 Å². The summed E-state index contributed by atoms with van der Waals surface area (Å²) >= 11 is 0. The second kappa shape index (κ2) is 6.04. The van der Waals surface area contributed by atoms with Crippen molar-refractivity contribution in [1.29, 1.82) is 0 Å². The summed E-state index contributed by atoms with van der Waals surface area (Å²) in [7, 11) is 1.26. The number of anilines is 1. The molecular formula is C15H14N2O4. The molecule has 2 aromatic rings. The fourth-order valence-electron chi connectivity index (χ4n) is 1.80. The molecule has 0 aliphatic carbocycles. The molecular weight excluding hydrogens is 272 g/mol. The van der Waals surface area contributed by atoms with Gasteiger partial charge in [0.2, 0.25) is 0 Å². The summed E-state index contributed by atoms with van der Waals surface area (Å²) < 4.78 is 4.69. The maximum atomic E-state index is 12.1. The van der Waals surface area contributed by atoms with Crippen molar-refractivity contribution in [2.45, 2.75) is 6.92 Å². The van der Waals surface area contributed by atoms with Gasteiger partial charge in [0.25, 0.3) is 5.91 Å². The van der Waals surface area contributed by atoms with Crippen LogP contribution in [0.2, 0.25) is 0 Å². The molecule has 0 fully saturated rings. The Bertz CT molecular complexity index is 698. The van der Waals surface area contributed by atoms with Crippen molar-refractivity contribution in [1.82, 2.24) is 4.98 Å². The normalized spacial score (nSPS) is 10.0. The molecule has 0 radical (unpaired) electrons. The van der Waals surface area contributed by atoms with Crippen molar-refractivity contribution < 1.29 is 19.4 Å². The van der Waals surface area contributed by atoms with Crippen LogP contribution in [0.15, 0.2) is 36.5 Å². The minimum Gasteiger partial charge on any atom is -0.505 e. The summed E-state index contributed by atoms with van der Waals surface area (Å²) in [5, 5.41) is 12.2. The van der Waals surface area contributed by atoms with Crippen LogP contribution in [0.5, 0.6) is 5.75 Å². The molecule has 0 saturated carbocycles. The van der Waals surface area contributed by atoms with E-state index in [1.807, 2.05) is 6.92 Å². The van der Waals surface area contributed by atoms with Gasteiger partial charge >= 0.3 is 5.97 Å². The molecule has 0 saturated heterocycles. The van der Waals surface area contributed by atoms with Crippen LogP contribution >= 0.6 is 0 Å². The number of hydrogen-bond acceptors (Lipinski definition) is 5. The van der Waals surface area contributed by atoms with Gasteiger partial charge in [0.1, 0.15) is 5.75 Å². The van der Waals surface area contributed by atoms with Gasteiger partial charge in [-0.1, -0.05) is 11.6 Å². The molecule has 6 heteroatoms. The first kappa shape index (κ1) is 14.5. The number of hydrogen-bond donors (Lipinski definition) is 2. The Hall–Kier alpha value is -2.89. The van der Waals surface area contributed by atoms with Crippen LogP contribution in [0.1, 0.15) is 26.4 Å². The number of nitrogens with zero attached hydrogens (tertiary/aromatic N) is 1. The van der Waals surface area contributed by atoms with E-state index in [0.29, 0.717) is 5.69 Å². The van der Waals surface area contributed by atoms with E-state index in [4.69, 9.17) is 0 Å². The first-order chi connectivity index (χ1) is 10.0. The maximum absolute atomic E-state index is 12.1. The number of ether oxygens (including phenoxy) is 1. The number of benzene rings is 1. The molecule has 6 nitrogen and oxygen atoms in total. The van der Waals surface area contributed by atoms with Crippen LogP contribution in [0.4, 0.5) is 5.69 Å². The van der Waals surface area contributed by atoms with Crippen LogP contribution in [-0.2, 0) is 4.74 Å². The molecule has 0 aliphatic rings. The number of amides is 1. The molecule has 0 atom stereocenters. The molecule has 0 unspecified atom stereocenters. The van der Waals surface area contributed by atoms with Crippen LogP contribution in [-0.4, -0.2) is 29.1 Å². The van der Waals surface area contributed by atoms with Gasteiger partial charge in [-0.3, -0.25) is 4.79 Å². The number of aromatic nitrogens is 1. The van der Waals surface area contributed by atoms with E-state index in [0.717, 1.165) is 5.56 Å². The van der Waals surface area contributed by atoms with E-state index in [-0.39, 0.29) is 17.0 Å². The number of aromatic hydroxyl groups is 1. The molecule has 0 spiro atoms. The van der Waals surface area contributed by atoms with Crippen LogP contribution in [0.25, 0.3) is 0 Å². The zero-order valence-corrected chi connectivity index (χ0v) is 11.6. The van der Waals surface area contributed by atoms with Gasteiger partial charge in [-0.15, -0.1) is 0 Å². The van der Waals surface area contributed by atoms with Gasteiger partial charge in [0, 0.05) is 6.20 Å². The third-order valence-corrected chi connectivity index (χ3v) is 2.83. The Morgan fingerprint density at radius 3 is 2.71 bits per heavy atom. The number of carbonyl (C=O) groups is 2. The lowest BCUT2D eigenvalue weighted by Crippen LogP contribution is -2.16. The molecule has 108 valence electrons. The fourth-order valence-corrected chi connectivity index (χ4v) is 1.80. The number of nitrogens with one attached hydrogen (secondary N) is 1. The molecule has 1 aromatic carbocycles. The number of methoxy groups -OCH3 is 1. The van der Waals surface area contributed by atoms with Gasteiger partial charge in [-0.25, -0.2) is 9.78 Å². The molecule has 1 amide bonds. The van der Waals surface area contributed by atoms with Gasteiger partial charge in [-0.2, -0.15) is 0 Å². The zero-order chi connectivity index (χ0) is 15.4. The van der Waals surface area contributed by atoms with Crippen molar-refractivity contribution in [3.8, 4) is 5.75 Å². The largest absolute Gasteiger partial charge is 0.505 e. The number of aryl methyl sites for hydroxylation is 1. The zero-order valence-electron chi connectivity index (χ0n) is 11.6. The summed E-state index contributed by atoms with van der Waals surface area (Å²) in [6, 6.07) is 7.83. The van der Waals surface area contributed by atoms with Crippen molar-refractivity contribution in [2.24, 2.45) is 0 Å². The molecule has 2 rings (SSSR count). The molecule has 1 heterocycles. The quantitative estimate of drug-likeness (QED) is 0.844. The highest BCUT2D eigenvalue weighted by Gasteiger charge is 2.17. The third-order valence-electron chi connectivity index (χ3n) is 2.83. The molecule has 0 bridgehead atoms. The predicted molar refractivity (Wildman–Crippen MR) is 76.4 cm³/mol. The van der Waals surface area contributed by atoms with Gasteiger partial charge in [-0.05, 0) is 31.2 Å². The first-order valence-corrected chi connectivity index (χ1v) is 6.17. The number of pyridine rings is 1. The summed E-state index contributed by atoms with van der Waals surface area (Å²) in [6.07, 6.45) is 1.39. The average Bonchev–Trinajstić information content (AvgIpc) is 2.48. The van der Waals surface area contributed by atoms with E-state index in [9.17, 15) is 14.7 Å². The van der Waals surface area contributed by atoms with E-state index < -0.39 is 11.9 Å². The minimum absolute atomic E-state index is 0.117. The Morgan fingerprint density at radius 1 is 1.29 bits per heavy atom. The Kier molecular flexibility index (Phi) is 4.18. The average molecular weight is 286 g/mol. The summed E-state index contributed by atoms with van der Waals surface area (Å²) in [4.78, 5) is 27.6. The highest BCUT2D eigenvalue weighted by atomic mass is 16.5. The lowest BCUT2D eigenvalue weighted by Gasteiger charge is -2.10. The smallest absolute Gasteiger partial charge is 0.339 e. The lowest BCUT2D eigenvalue weighted by molar-refractivity contribution is 0.0602. The van der Waals surface area contributed by atoms with E-state index in [2.05, 4.69) is 15.0 Å². The number of esters is 1. The Morgan fingerprint density at radius 2 is 2.05 bits per heavy atom. The topological polar surface area (TPSA) is 88.5 Å². The second-order valence-corrected chi connectivity index (χ2v) is 4.37.